The summed E-state index contributed by atoms with van der Waals surface area (Å²) in [5, 5.41) is 4.82. The molecule has 0 N–H and O–H groups in total. The summed E-state index contributed by atoms with van der Waals surface area (Å²) in [6.07, 6.45) is 0. The van der Waals surface area contributed by atoms with Crippen molar-refractivity contribution in [1.82, 2.24) is 9.13 Å². The minimum Gasteiger partial charge on any atom is -0.458 e. The molecule has 0 unspecified atom stereocenters. The van der Waals surface area contributed by atoms with Crippen LogP contribution in [0.4, 0.5) is 0 Å². The molecule has 0 atom stereocenters. The largest absolute Gasteiger partial charge is 0.458 e. The van der Waals surface area contributed by atoms with Crippen molar-refractivity contribution >= 4 is 89.8 Å². The topological polar surface area (TPSA) is 46.8 Å². The molecule has 0 saturated heterocycles. The molecule has 2 aromatic heterocycles. The fraction of sp³-hybridized carbons (Fsp3) is 0.0357. The Morgan fingerprint density at radius 1 is 0.312 bits per heavy atom. The van der Waals surface area contributed by atoms with Crippen molar-refractivity contribution in [3.05, 3.63) is 181 Å². The van der Waals surface area contributed by atoms with Gasteiger partial charge in [0, 0.05) is 56.7 Å². The van der Waals surface area contributed by atoms with Gasteiger partial charge in [-0.05, 0) is 95.4 Å². The predicted octanol–water partition coefficient (Wildman–Crippen LogP) is 9.95. The number of ether oxygens (including phenoxy) is 4. The highest BCUT2D eigenvalue weighted by molar-refractivity contribution is 7.00. The van der Waals surface area contributed by atoms with Crippen molar-refractivity contribution in [2.45, 2.75) is 13.8 Å². The zero-order valence-electron chi connectivity index (χ0n) is 34.8. The summed E-state index contributed by atoms with van der Waals surface area (Å²) in [5.41, 5.74) is 15.1. The van der Waals surface area contributed by atoms with Crippen molar-refractivity contribution in [1.29, 1.82) is 0 Å². The van der Waals surface area contributed by atoms with E-state index < -0.39 is 0 Å². The lowest BCUT2D eigenvalue weighted by Gasteiger charge is -2.37. The average Bonchev–Trinajstić information content (AvgIpc) is 3.83. The van der Waals surface area contributed by atoms with Gasteiger partial charge >= 0.3 is 0 Å². The van der Waals surface area contributed by atoms with E-state index in [1.165, 1.54) is 21.5 Å². The van der Waals surface area contributed by atoms with Crippen LogP contribution in [0.5, 0.6) is 46.0 Å². The van der Waals surface area contributed by atoms with Crippen LogP contribution in [0.1, 0.15) is 11.1 Å². The number of nitrogens with zero attached hydrogens (tertiary/aromatic N) is 2. The Labute approximate surface area is 368 Å². The van der Waals surface area contributed by atoms with Gasteiger partial charge in [0.15, 0.2) is 0 Å². The van der Waals surface area contributed by atoms with Crippen LogP contribution in [0.2, 0.25) is 0 Å². The molecule has 6 nitrogen and oxygen atoms in total. The summed E-state index contributed by atoms with van der Waals surface area (Å²) in [4.78, 5) is 0. The van der Waals surface area contributed by atoms with Crippen molar-refractivity contribution in [2.24, 2.45) is 0 Å². The zero-order valence-corrected chi connectivity index (χ0v) is 34.8. The van der Waals surface area contributed by atoms with E-state index in [0.717, 1.165) is 123 Å². The van der Waals surface area contributed by atoms with E-state index >= 15 is 0 Å². The third kappa shape index (κ3) is 4.56. The van der Waals surface area contributed by atoms with Gasteiger partial charge in [0.05, 0.1) is 33.4 Å². The van der Waals surface area contributed by atoms with Gasteiger partial charge in [-0.3, -0.25) is 0 Å². The number of para-hydroxylation sites is 4. The minimum absolute atomic E-state index is 0.148. The van der Waals surface area contributed by atoms with Crippen LogP contribution in [-0.2, 0) is 0 Å². The first-order valence-corrected chi connectivity index (χ1v) is 22.0. The average molecular weight is 821 g/mol. The van der Waals surface area contributed by atoms with Gasteiger partial charge < -0.3 is 28.1 Å². The van der Waals surface area contributed by atoms with Gasteiger partial charge in [-0.1, -0.05) is 97.1 Å². The highest BCUT2D eigenvalue weighted by Crippen LogP contribution is 2.43. The molecule has 8 heteroatoms. The molecule has 6 heterocycles. The number of rotatable bonds is 2. The number of fused-ring (bicyclic) bond motifs is 14. The van der Waals surface area contributed by atoms with Gasteiger partial charge in [0.1, 0.15) is 46.0 Å². The maximum absolute atomic E-state index is 7.19. The van der Waals surface area contributed by atoms with Crippen LogP contribution < -0.4 is 51.7 Å². The van der Waals surface area contributed by atoms with Crippen molar-refractivity contribution in [2.75, 3.05) is 0 Å². The smallest absolute Gasteiger partial charge is 0.260 e. The lowest BCUT2D eigenvalue weighted by Crippen LogP contribution is -2.60. The van der Waals surface area contributed by atoms with Crippen molar-refractivity contribution in [3.63, 3.8) is 0 Å². The lowest BCUT2D eigenvalue weighted by molar-refractivity contribution is 0.456. The molecule has 0 aliphatic carbocycles. The maximum Gasteiger partial charge on any atom is 0.260 e. The summed E-state index contributed by atoms with van der Waals surface area (Å²) in [6.45, 7) is 3.94. The van der Waals surface area contributed by atoms with E-state index in [-0.39, 0.29) is 13.4 Å². The molecule has 0 fully saturated rings. The highest BCUT2D eigenvalue weighted by atomic mass is 16.5. The fourth-order valence-electron chi connectivity index (χ4n) is 11.3. The summed E-state index contributed by atoms with van der Waals surface area (Å²) >= 11 is 0. The van der Waals surface area contributed by atoms with E-state index in [4.69, 9.17) is 18.9 Å². The molecule has 0 bridgehead atoms. The molecule has 0 amide bonds. The van der Waals surface area contributed by atoms with Crippen LogP contribution in [0.15, 0.2) is 170 Å². The second-order valence-corrected chi connectivity index (χ2v) is 17.7. The Morgan fingerprint density at radius 2 is 0.625 bits per heavy atom. The molecule has 15 rings (SSSR count). The predicted molar refractivity (Wildman–Crippen MR) is 260 cm³/mol. The maximum atomic E-state index is 7.19. The number of hydrogen-bond acceptors (Lipinski definition) is 4. The Balaban J connectivity index is 0.955. The molecular formula is C56H34B2N2O4. The number of aryl methyl sites for hydroxylation is 2. The van der Waals surface area contributed by atoms with E-state index in [1.807, 2.05) is 0 Å². The summed E-state index contributed by atoms with van der Waals surface area (Å²) < 4.78 is 32.9. The Hall–Kier alpha value is -8.09. The van der Waals surface area contributed by atoms with E-state index in [2.05, 4.69) is 193 Å². The molecule has 0 radical (unpaired) electrons. The second-order valence-electron chi connectivity index (χ2n) is 17.7. The first kappa shape index (κ1) is 34.5. The lowest BCUT2D eigenvalue weighted by atomic mass is 9.32. The molecule has 4 aliphatic rings. The zero-order chi connectivity index (χ0) is 41.9. The van der Waals surface area contributed by atoms with Gasteiger partial charge in [0.25, 0.3) is 13.4 Å². The standard InChI is InChI=1S/C56H34B2N2O4/c1-31-19-21-39-47(23-31)61-51-25-33(59-43-15-7-3-11-35(43)36-12-4-8-16-44(36)59)27-53-55(51)57(39)41-29-50-42(30-49(41)63-53)58-40-22-20-32(2)24-48(40)62-52-26-34(28-54(64-50)56(52)58)60-45-17-9-5-13-37(45)38-14-6-10-18-46(38)60/h3-30H,1-2H3. The first-order chi connectivity index (χ1) is 31.5. The van der Waals surface area contributed by atoms with E-state index in [1.54, 1.807) is 0 Å². The van der Waals surface area contributed by atoms with Crippen molar-refractivity contribution in [3.8, 4) is 57.4 Å². The van der Waals surface area contributed by atoms with Gasteiger partial charge in [0.2, 0.25) is 0 Å². The summed E-state index contributed by atoms with van der Waals surface area (Å²) in [5.74, 6) is 6.49. The minimum atomic E-state index is -0.148. The third-order valence-electron chi connectivity index (χ3n) is 14.0. The van der Waals surface area contributed by atoms with Gasteiger partial charge in [-0.15, -0.1) is 0 Å². The molecule has 64 heavy (non-hydrogen) atoms. The van der Waals surface area contributed by atoms with Gasteiger partial charge in [-0.25, -0.2) is 0 Å². The van der Waals surface area contributed by atoms with E-state index in [9.17, 15) is 0 Å². The van der Waals surface area contributed by atoms with Crippen LogP contribution in [0.25, 0.3) is 55.0 Å². The van der Waals surface area contributed by atoms with Crippen molar-refractivity contribution < 1.29 is 18.9 Å². The normalized spacial score (nSPS) is 13.6. The molecule has 298 valence electrons. The van der Waals surface area contributed by atoms with Crippen LogP contribution in [0, 0.1) is 13.8 Å². The first-order valence-electron chi connectivity index (χ1n) is 22.0. The molecule has 11 aromatic rings. The number of hydrogen-bond donors (Lipinski definition) is 0. The monoisotopic (exact) mass is 820 g/mol. The molecule has 0 spiro atoms. The molecule has 0 saturated carbocycles. The third-order valence-corrected chi connectivity index (χ3v) is 14.0. The van der Waals surface area contributed by atoms with Crippen LogP contribution in [0.3, 0.4) is 0 Å². The quantitative estimate of drug-likeness (QED) is 0.163. The number of benzene rings is 9. The molecule has 9 aromatic carbocycles. The number of aromatic nitrogens is 2. The summed E-state index contributed by atoms with van der Waals surface area (Å²) in [6, 6.07) is 60.8. The van der Waals surface area contributed by atoms with E-state index in [0.29, 0.717) is 0 Å². The fourth-order valence-corrected chi connectivity index (χ4v) is 11.3. The Bertz CT molecular complexity index is 3560. The van der Waals surface area contributed by atoms with Crippen LogP contribution in [-0.4, -0.2) is 22.6 Å². The Kier molecular flexibility index (Phi) is 6.63. The van der Waals surface area contributed by atoms with Gasteiger partial charge in [-0.2, -0.15) is 0 Å². The Morgan fingerprint density at radius 3 is 0.969 bits per heavy atom. The second kappa shape index (κ2) is 12.3. The summed E-state index contributed by atoms with van der Waals surface area (Å²) in [7, 11) is 0. The molecule has 4 aliphatic heterocycles. The SMILES string of the molecule is Cc1ccc2c(c1)Oc1cc(-n3c4ccccc4c4ccccc43)cc3c1B2c1cc2c(cc1O3)B1c3ccc(C)cc3Oc3cc(-n4c5ccccc5c5ccccc54)cc(c31)O2. The molecular weight excluding hydrogens is 786 g/mol. The highest BCUT2D eigenvalue weighted by Gasteiger charge is 2.45. The van der Waals surface area contributed by atoms with Crippen LogP contribution >= 0.6 is 0 Å².